The van der Waals surface area contributed by atoms with Crippen LogP contribution in [0.4, 0.5) is 0 Å². The third-order valence-corrected chi connectivity index (χ3v) is 5.85. The molecule has 0 aromatic heterocycles. The molecule has 2 heteroatoms. The van der Waals surface area contributed by atoms with Crippen molar-refractivity contribution in [3.63, 3.8) is 0 Å². The van der Waals surface area contributed by atoms with Crippen molar-refractivity contribution in [1.82, 2.24) is 9.80 Å². The summed E-state index contributed by atoms with van der Waals surface area (Å²) in [5.74, 6) is 2.75. The highest BCUT2D eigenvalue weighted by Crippen LogP contribution is 2.43. The Balaban J connectivity index is 1.19. The minimum Gasteiger partial charge on any atom is -0.300 e. The molecule has 0 radical (unpaired) electrons. The van der Waals surface area contributed by atoms with E-state index >= 15 is 0 Å². The number of nitrogens with zero attached hydrogens (tertiary/aromatic N) is 2. The molecule has 1 aliphatic heterocycles. The number of rotatable bonds is 5. The van der Waals surface area contributed by atoms with Crippen LogP contribution in [-0.4, -0.2) is 49.1 Å². The second-order valence-corrected chi connectivity index (χ2v) is 7.45. The molecule has 2 aliphatic carbocycles. The summed E-state index contributed by atoms with van der Waals surface area (Å²) in [7, 11) is 0. The predicted molar refractivity (Wildman–Crippen MR) is 97.2 cm³/mol. The average Bonchev–Trinajstić information content (AvgIpc) is 3.20. The number of allylic oxidation sites excluding steroid dienone is 2. The van der Waals surface area contributed by atoms with Crippen molar-refractivity contribution in [2.75, 3.05) is 39.3 Å². The van der Waals surface area contributed by atoms with Crippen LogP contribution in [0.1, 0.15) is 18.4 Å². The van der Waals surface area contributed by atoms with Crippen molar-refractivity contribution in [3.05, 3.63) is 54.1 Å². The zero-order chi connectivity index (χ0) is 15.5. The van der Waals surface area contributed by atoms with Gasteiger partial charge in [-0.25, -0.2) is 0 Å². The second-order valence-electron chi connectivity index (χ2n) is 7.45. The first-order valence-electron chi connectivity index (χ1n) is 9.21. The van der Waals surface area contributed by atoms with Crippen molar-refractivity contribution >= 4 is 6.08 Å². The van der Waals surface area contributed by atoms with Gasteiger partial charge >= 0.3 is 0 Å². The fourth-order valence-electron chi connectivity index (χ4n) is 4.49. The van der Waals surface area contributed by atoms with Crippen LogP contribution >= 0.6 is 0 Å². The van der Waals surface area contributed by atoms with Gasteiger partial charge in [0.05, 0.1) is 0 Å². The molecule has 0 spiro atoms. The Labute approximate surface area is 140 Å². The fourth-order valence-corrected chi connectivity index (χ4v) is 4.49. The van der Waals surface area contributed by atoms with Crippen molar-refractivity contribution < 1.29 is 0 Å². The normalized spacial score (nSPS) is 31.4. The van der Waals surface area contributed by atoms with Gasteiger partial charge in [-0.15, -0.1) is 0 Å². The molecular formula is C21H28N2. The summed E-state index contributed by atoms with van der Waals surface area (Å²) in [5, 5.41) is 0. The van der Waals surface area contributed by atoms with E-state index in [9.17, 15) is 0 Å². The Morgan fingerprint density at radius 2 is 1.70 bits per heavy atom. The average molecular weight is 308 g/mol. The third-order valence-electron chi connectivity index (χ3n) is 5.85. The summed E-state index contributed by atoms with van der Waals surface area (Å²) >= 11 is 0. The van der Waals surface area contributed by atoms with Crippen molar-refractivity contribution in [3.8, 4) is 0 Å². The van der Waals surface area contributed by atoms with Crippen LogP contribution in [-0.2, 0) is 0 Å². The lowest BCUT2D eigenvalue weighted by Gasteiger charge is -2.36. The van der Waals surface area contributed by atoms with E-state index in [1.165, 1.54) is 51.1 Å². The number of hydrogen-bond donors (Lipinski definition) is 0. The highest BCUT2D eigenvalue weighted by Gasteiger charge is 2.36. The Morgan fingerprint density at radius 1 is 0.913 bits per heavy atom. The van der Waals surface area contributed by atoms with Gasteiger partial charge in [-0.2, -0.15) is 0 Å². The van der Waals surface area contributed by atoms with Crippen LogP contribution < -0.4 is 0 Å². The maximum absolute atomic E-state index is 2.70. The SMILES string of the molecule is C1=CC2CC1CC2CN1CCN(C/C=C/c2ccccc2)CC1. The summed E-state index contributed by atoms with van der Waals surface area (Å²) in [5.41, 5.74) is 1.30. The summed E-state index contributed by atoms with van der Waals surface area (Å²) in [6, 6.07) is 10.6. The van der Waals surface area contributed by atoms with Crippen molar-refractivity contribution in [1.29, 1.82) is 0 Å². The zero-order valence-electron chi connectivity index (χ0n) is 14.0. The van der Waals surface area contributed by atoms with E-state index in [0.29, 0.717) is 0 Å². The molecule has 3 atom stereocenters. The molecule has 3 aliphatic rings. The molecule has 1 aromatic rings. The van der Waals surface area contributed by atoms with E-state index in [1.807, 2.05) is 0 Å². The molecule has 2 bridgehead atoms. The first-order valence-corrected chi connectivity index (χ1v) is 9.21. The summed E-state index contributed by atoms with van der Waals surface area (Å²) in [6.07, 6.45) is 12.4. The van der Waals surface area contributed by atoms with Crippen LogP contribution in [0.5, 0.6) is 0 Å². The lowest BCUT2D eigenvalue weighted by atomic mass is 9.93. The van der Waals surface area contributed by atoms with E-state index in [0.717, 1.165) is 24.3 Å². The minimum atomic E-state index is 0.895. The molecule has 0 N–H and O–H groups in total. The Kier molecular flexibility index (Phi) is 4.63. The van der Waals surface area contributed by atoms with Crippen LogP contribution in [0.2, 0.25) is 0 Å². The van der Waals surface area contributed by atoms with Crippen molar-refractivity contribution in [2.45, 2.75) is 12.8 Å². The molecule has 1 aromatic carbocycles. The Morgan fingerprint density at radius 3 is 2.39 bits per heavy atom. The molecule has 4 rings (SSSR count). The molecular weight excluding hydrogens is 280 g/mol. The molecule has 2 nitrogen and oxygen atoms in total. The van der Waals surface area contributed by atoms with E-state index in [2.05, 4.69) is 64.4 Å². The van der Waals surface area contributed by atoms with Crippen LogP contribution in [0.25, 0.3) is 6.08 Å². The van der Waals surface area contributed by atoms with Crippen LogP contribution in [0.3, 0.4) is 0 Å². The second kappa shape index (κ2) is 7.02. The van der Waals surface area contributed by atoms with Gasteiger partial charge in [0, 0.05) is 39.3 Å². The molecule has 122 valence electrons. The Hall–Kier alpha value is -1.38. The zero-order valence-corrected chi connectivity index (χ0v) is 14.0. The quantitative estimate of drug-likeness (QED) is 0.768. The molecule has 0 amide bonds. The van der Waals surface area contributed by atoms with Gasteiger partial charge in [0.15, 0.2) is 0 Å². The molecule has 3 unspecified atom stereocenters. The summed E-state index contributed by atoms with van der Waals surface area (Å²) in [6.45, 7) is 7.35. The molecule has 1 heterocycles. The highest BCUT2D eigenvalue weighted by atomic mass is 15.3. The first-order chi connectivity index (χ1) is 11.4. The minimum absolute atomic E-state index is 0.895. The summed E-state index contributed by atoms with van der Waals surface area (Å²) < 4.78 is 0. The van der Waals surface area contributed by atoms with E-state index in [1.54, 1.807) is 0 Å². The molecule has 23 heavy (non-hydrogen) atoms. The lowest BCUT2D eigenvalue weighted by molar-refractivity contribution is 0.121. The number of hydrogen-bond acceptors (Lipinski definition) is 2. The molecule has 2 fully saturated rings. The standard InChI is InChI=1S/C21H28N2/c1-2-5-18(6-3-1)7-4-10-22-11-13-23(14-12-22)17-21-16-19-8-9-20(21)15-19/h1-9,19-21H,10-17H2/b7-4+. The lowest BCUT2D eigenvalue weighted by Crippen LogP contribution is -2.47. The number of fused-ring (bicyclic) bond motifs is 2. The van der Waals surface area contributed by atoms with Crippen LogP contribution in [0, 0.1) is 17.8 Å². The maximum Gasteiger partial charge on any atom is 0.0167 e. The number of piperazine rings is 1. The van der Waals surface area contributed by atoms with E-state index in [-0.39, 0.29) is 0 Å². The van der Waals surface area contributed by atoms with Gasteiger partial charge in [-0.3, -0.25) is 4.90 Å². The van der Waals surface area contributed by atoms with E-state index < -0.39 is 0 Å². The number of benzene rings is 1. The largest absolute Gasteiger partial charge is 0.300 e. The monoisotopic (exact) mass is 308 g/mol. The molecule has 1 saturated heterocycles. The molecule has 1 saturated carbocycles. The van der Waals surface area contributed by atoms with Gasteiger partial charge in [-0.1, -0.05) is 54.6 Å². The van der Waals surface area contributed by atoms with Gasteiger partial charge in [-0.05, 0) is 36.2 Å². The summed E-state index contributed by atoms with van der Waals surface area (Å²) in [4.78, 5) is 5.28. The fraction of sp³-hybridized carbons (Fsp3) is 0.524. The highest BCUT2D eigenvalue weighted by molar-refractivity contribution is 5.48. The van der Waals surface area contributed by atoms with Gasteiger partial charge in [0.1, 0.15) is 0 Å². The van der Waals surface area contributed by atoms with Crippen molar-refractivity contribution in [2.24, 2.45) is 17.8 Å². The van der Waals surface area contributed by atoms with Crippen LogP contribution in [0.15, 0.2) is 48.6 Å². The Bertz CT molecular complexity index is 554. The smallest absolute Gasteiger partial charge is 0.0167 e. The van der Waals surface area contributed by atoms with Gasteiger partial charge in [0.2, 0.25) is 0 Å². The van der Waals surface area contributed by atoms with E-state index in [4.69, 9.17) is 0 Å². The first kappa shape index (κ1) is 15.2. The predicted octanol–water partition coefficient (Wildman–Crippen LogP) is 3.53. The van der Waals surface area contributed by atoms with Gasteiger partial charge < -0.3 is 4.90 Å². The third kappa shape index (κ3) is 3.76. The topological polar surface area (TPSA) is 6.48 Å². The van der Waals surface area contributed by atoms with Gasteiger partial charge in [0.25, 0.3) is 0 Å². The maximum atomic E-state index is 2.70.